The fourth-order valence-corrected chi connectivity index (χ4v) is 2.53. The molecule has 2 heterocycles. The van der Waals surface area contributed by atoms with E-state index in [1.807, 2.05) is 6.92 Å². The molecule has 0 aromatic carbocycles. The van der Waals surface area contributed by atoms with Crippen LogP contribution in [-0.4, -0.2) is 45.7 Å². The van der Waals surface area contributed by atoms with Crippen molar-refractivity contribution in [1.29, 1.82) is 0 Å². The van der Waals surface area contributed by atoms with Crippen molar-refractivity contribution in [3.8, 4) is 0 Å². The minimum Gasteiger partial charge on any atom is -0.390 e. The van der Waals surface area contributed by atoms with E-state index in [2.05, 4.69) is 10.0 Å². The van der Waals surface area contributed by atoms with Gasteiger partial charge in [0, 0.05) is 11.1 Å². The molecule has 1 saturated heterocycles. The van der Waals surface area contributed by atoms with Crippen LogP contribution in [0.5, 0.6) is 0 Å². The van der Waals surface area contributed by atoms with Crippen LogP contribution in [0.3, 0.4) is 0 Å². The van der Waals surface area contributed by atoms with E-state index in [-0.39, 0.29) is 12.2 Å². The number of aliphatic hydroxyl groups is 1. The zero-order chi connectivity index (χ0) is 14.9. The maximum atomic E-state index is 11.9. The van der Waals surface area contributed by atoms with Crippen molar-refractivity contribution in [3.05, 3.63) is 22.7 Å². The van der Waals surface area contributed by atoms with Gasteiger partial charge in [0.1, 0.15) is 5.54 Å². The molecule has 0 spiro atoms. The van der Waals surface area contributed by atoms with Gasteiger partial charge in [-0.2, -0.15) is 0 Å². The first kappa shape index (κ1) is 14.5. The van der Waals surface area contributed by atoms with Crippen LogP contribution in [0.25, 0.3) is 10.4 Å². The van der Waals surface area contributed by atoms with Gasteiger partial charge < -0.3 is 9.84 Å². The summed E-state index contributed by atoms with van der Waals surface area (Å²) in [6.45, 7) is 3.36. The number of azide groups is 1. The van der Waals surface area contributed by atoms with Crippen molar-refractivity contribution in [3.63, 3.8) is 0 Å². The summed E-state index contributed by atoms with van der Waals surface area (Å²) in [5.74, 6) is -0.729. The molecular weight excluding hydrogens is 264 g/mol. The highest BCUT2D eigenvalue weighted by molar-refractivity contribution is 6.06. The zero-order valence-electron chi connectivity index (χ0n) is 11.3. The van der Waals surface area contributed by atoms with Crippen molar-refractivity contribution in [1.82, 2.24) is 4.90 Å². The largest absolute Gasteiger partial charge is 0.390 e. The van der Waals surface area contributed by atoms with Gasteiger partial charge in [-0.05, 0) is 25.0 Å². The third-order valence-electron chi connectivity index (χ3n) is 3.70. The fourth-order valence-electron chi connectivity index (χ4n) is 2.53. The molecule has 8 heteroatoms. The first-order chi connectivity index (χ1) is 9.43. The molecule has 2 rings (SSSR count). The Morgan fingerprint density at radius 3 is 2.90 bits per heavy atom. The number of amides is 1. The van der Waals surface area contributed by atoms with E-state index >= 15 is 0 Å². The number of hydrogen-bond acceptors (Lipinski definition) is 5. The molecular formula is C12H16N4O4. The smallest absolute Gasteiger partial charge is 0.236 e. The van der Waals surface area contributed by atoms with Gasteiger partial charge in [-0.25, -0.2) is 0 Å². The first-order valence-corrected chi connectivity index (χ1v) is 6.36. The lowest BCUT2D eigenvalue weighted by Crippen LogP contribution is -2.52. The minimum atomic E-state index is -1.30. The van der Waals surface area contributed by atoms with Gasteiger partial charge in [-0.1, -0.05) is 12.0 Å². The Morgan fingerprint density at radius 1 is 1.65 bits per heavy atom. The van der Waals surface area contributed by atoms with Crippen LogP contribution in [-0.2, 0) is 14.3 Å². The second kappa shape index (κ2) is 5.24. The molecule has 1 fully saturated rings. The summed E-state index contributed by atoms with van der Waals surface area (Å²) in [6.07, 6.45) is 0.368. The molecule has 0 saturated carbocycles. The number of aliphatic hydroxyl groups excluding tert-OH is 1. The number of ketones is 1. The zero-order valence-corrected chi connectivity index (χ0v) is 11.3. The van der Waals surface area contributed by atoms with Gasteiger partial charge in [-0.15, -0.1) is 0 Å². The Kier molecular flexibility index (Phi) is 3.80. The highest BCUT2D eigenvalue weighted by Gasteiger charge is 2.55. The first-order valence-electron chi connectivity index (χ1n) is 6.36. The number of carbonyl (C=O) groups is 2. The van der Waals surface area contributed by atoms with E-state index in [1.165, 1.54) is 24.1 Å². The second-order valence-electron chi connectivity index (χ2n) is 5.06. The van der Waals surface area contributed by atoms with E-state index in [9.17, 15) is 14.7 Å². The third kappa shape index (κ3) is 2.18. The number of ether oxygens (including phenoxy) is 1. The third-order valence-corrected chi connectivity index (χ3v) is 3.70. The lowest BCUT2D eigenvalue weighted by molar-refractivity contribution is -0.145. The maximum Gasteiger partial charge on any atom is 0.236 e. The van der Waals surface area contributed by atoms with Crippen LogP contribution in [0.2, 0.25) is 0 Å². The van der Waals surface area contributed by atoms with Crippen molar-refractivity contribution >= 4 is 11.7 Å². The van der Waals surface area contributed by atoms with Crippen LogP contribution in [0.15, 0.2) is 17.4 Å². The molecule has 0 radical (unpaired) electrons. The Balaban J connectivity index is 2.38. The van der Waals surface area contributed by atoms with Crippen molar-refractivity contribution in [2.45, 2.75) is 50.7 Å². The monoisotopic (exact) mass is 280 g/mol. The average Bonchev–Trinajstić information content (AvgIpc) is 2.63. The molecule has 0 bridgehead atoms. The van der Waals surface area contributed by atoms with Gasteiger partial charge in [0.05, 0.1) is 18.6 Å². The molecule has 0 aliphatic carbocycles. The maximum absolute atomic E-state index is 11.9. The Morgan fingerprint density at radius 2 is 2.35 bits per heavy atom. The molecule has 1 N–H and O–H groups in total. The Hall–Kier alpha value is -1.89. The molecule has 2 aliphatic rings. The highest BCUT2D eigenvalue weighted by atomic mass is 16.5. The highest BCUT2D eigenvalue weighted by Crippen LogP contribution is 2.38. The summed E-state index contributed by atoms with van der Waals surface area (Å²) < 4.78 is 5.66. The lowest BCUT2D eigenvalue weighted by atomic mass is 9.91. The second-order valence-corrected chi connectivity index (χ2v) is 5.06. The summed E-state index contributed by atoms with van der Waals surface area (Å²) in [5.41, 5.74) is 7.41. The van der Waals surface area contributed by atoms with E-state index in [0.29, 0.717) is 6.42 Å². The van der Waals surface area contributed by atoms with E-state index in [0.717, 1.165) is 0 Å². The predicted octanol–water partition coefficient (Wildman–Crippen LogP) is 0.866. The summed E-state index contributed by atoms with van der Waals surface area (Å²) >= 11 is 0. The standard InChI is InChI=1S/C12H16N4O4/c1-3-8-10(19)12(2,14-15-13)11(20-8)16-5-4-7(17)6-9(16)18/h4-5,8,10-11,19H,3,6H2,1-2H3/t8-,10-,11-,12-/m1/s1. The molecule has 1 amide bonds. The molecule has 4 atom stereocenters. The van der Waals surface area contributed by atoms with Crippen molar-refractivity contribution in [2.75, 3.05) is 0 Å². The Bertz CT molecular complexity index is 514. The fraction of sp³-hybridized carbons (Fsp3) is 0.667. The van der Waals surface area contributed by atoms with Crippen LogP contribution >= 0.6 is 0 Å². The molecule has 20 heavy (non-hydrogen) atoms. The van der Waals surface area contributed by atoms with Gasteiger partial charge in [0.25, 0.3) is 0 Å². The van der Waals surface area contributed by atoms with Crippen molar-refractivity contribution in [2.24, 2.45) is 5.11 Å². The minimum absolute atomic E-state index is 0.254. The van der Waals surface area contributed by atoms with Gasteiger partial charge in [-0.3, -0.25) is 14.5 Å². The SMILES string of the molecule is CC[C@H]1O[C@@H](N2C=CC(=O)CC2=O)[C@](C)(N=[N+]=[N-])[C@@H]1O. The normalized spacial score (nSPS) is 37.1. The van der Waals surface area contributed by atoms with Crippen LogP contribution < -0.4 is 0 Å². The number of hydrogen-bond donors (Lipinski definition) is 1. The molecule has 0 aromatic heterocycles. The van der Waals surface area contributed by atoms with Crippen molar-refractivity contribution < 1.29 is 19.4 Å². The average molecular weight is 280 g/mol. The molecule has 2 aliphatic heterocycles. The van der Waals surface area contributed by atoms with Gasteiger partial charge in [0.15, 0.2) is 12.0 Å². The number of allylic oxidation sites excluding steroid dienone is 1. The summed E-state index contributed by atoms with van der Waals surface area (Å²) in [6, 6.07) is 0. The number of carbonyl (C=O) groups excluding carboxylic acids is 2. The molecule has 0 unspecified atom stereocenters. The van der Waals surface area contributed by atoms with E-state index in [1.54, 1.807) is 0 Å². The van der Waals surface area contributed by atoms with Crippen LogP contribution in [0.4, 0.5) is 0 Å². The summed E-state index contributed by atoms with van der Waals surface area (Å²) in [5, 5.41) is 13.9. The number of nitrogens with zero attached hydrogens (tertiary/aromatic N) is 4. The number of rotatable bonds is 3. The predicted molar refractivity (Wildman–Crippen MR) is 68.1 cm³/mol. The summed E-state index contributed by atoms with van der Waals surface area (Å²) in [7, 11) is 0. The van der Waals surface area contributed by atoms with Crippen LogP contribution in [0, 0.1) is 0 Å². The van der Waals surface area contributed by atoms with Gasteiger partial charge >= 0.3 is 0 Å². The lowest BCUT2D eigenvalue weighted by Gasteiger charge is -2.35. The van der Waals surface area contributed by atoms with E-state index in [4.69, 9.17) is 10.3 Å². The molecule has 0 aromatic rings. The molecule has 108 valence electrons. The molecule has 8 nitrogen and oxygen atoms in total. The summed E-state index contributed by atoms with van der Waals surface area (Å²) in [4.78, 5) is 27.1. The van der Waals surface area contributed by atoms with E-state index < -0.39 is 29.9 Å². The Labute approximate surface area is 115 Å². The topological polar surface area (TPSA) is 116 Å². The quantitative estimate of drug-likeness (QED) is 0.357. The van der Waals surface area contributed by atoms with Crippen LogP contribution in [0.1, 0.15) is 26.7 Å². The van der Waals surface area contributed by atoms with Gasteiger partial charge in [0.2, 0.25) is 5.91 Å².